The van der Waals surface area contributed by atoms with Crippen LogP contribution in [0.2, 0.25) is 0 Å². The Morgan fingerprint density at radius 3 is 2.68 bits per heavy atom. The molecule has 5 heteroatoms. The number of aliphatic hydroxyl groups excluding tert-OH is 1. The summed E-state index contributed by atoms with van der Waals surface area (Å²) in [5, 5.41) is 14.4. The van der Waals surface area contributed by atoms with Crippen molar-refractivity contribution in [3.05, 3.63) is 41.4 Å². The highest BCUT2D eigenvalue weighted by molar-refractivity contribution is 7.13. The lowest BCUT2D eigenvalue weighted by Gasteiger charge is -2.22. The number of hydrogen-bond donors (Lipinski definition) is 2. The number of nitrogens with one attached hydrogen (secondary N) is 1. The van der Waals surface area contributed by atoms with Gasteiger partial charge < -0.3 is 10.4 Å². The van der Waals surface area contributed by atoms with Crippen LogP contribution in [0.5, 0.6) is 0 Å². The summed E-state index contributed by atoms with van der Waals surface area (Å²) in [7, 11) is 0. The van der Waals surface area contributed by atoms with Crippen molar-refractivity contribution in [2.75, 3.05) is 6.61 Å². The molecule has 1 heterocycles. The Labute approximate surface area is 116 Å². The van der Waals surface area contributed by atoms with Gasteiger partial charge in [0.2, 0.25) is 0 Å². The van der Waals surface area contributed by atoms with Gasteiger partial charge in [-0.1, -0.05) is 30.3 Å². The standard InChI is InChI=1S/C14H16N2O2S/c1-14(2,9-17)16-12(18)11-8-19-13(15-11)10-6-4-3-5-7-10/h3-8,17H,9H2,1-2H3,(H,16,18). The van der Waals surface area contributed by atoms with Crippen LogP contribution in [0, 0.1) is 0 Å². The van der Waals surface area contributed by atoms with Crippen molar-refractivity contribution in [3.8, 4) is 10.6 Å². The van der Waals surface area contributed by atoms with Crippen LogP contribution < -0.4 is 5.32 Å². The first-order chi connectivity index (χ1) is 9.02. The van der Waals surface area contributed by atoms with Crippen LogP contribution in [0.25, 0.3) is 10.6 Å². The van der Waals surface area contributed by atoms with E-state index in [9.17, 15) is 4.79 Å². The molecular formula is C14H16N2O2S. The smallest absolute Gasteiger partial charge is 0.271 e. The van der Waals surface area contributed by atoms with Gasteiger partial charge in [-0.15, -0.1) is 11.3 Å². The van der Waals surface area contributed by atoms with E-state index in [0.717, 1.165) is 10.6 Å². The summed E-state index contributed by atoms with van der Waals surface area (Å²) in [5.41, 5.74) is 0.728. The lowest BCUT2D eigenvalue weighted by Crippen LogP contribution is -2.46. The van der Waals surface area contributed by atoms with Gasteiger partial charge in [-0.3, -0.25) is 4.79 Å². The van der Waals surface area contributed by atoms with Gasteiger partial charge in [0, 0.05) is 10.9 Å². The largest absolute Gasteiger partial charge is 0.394 e. The summed E-state index contributed by atoms with van der Waals surface area (Å²) in [6.07, 6.45) is 0. The van der Waals surface area contributed by atoms with Crippen molar-refractivity contribution in [1.29, 1.82) is 0 Å². The van der Waals surface area contributed by atoms with Crippen LogP contribution in [0.3, 0.4) is 0 Å². The van der Waals surface area contributed by atoms with Crippen molar-refractivity contribution in [2.24, 2.45) is 0 Å². The zero-order valence-electron chi connectivity index (χ0n) is 10.9. The average molecular weight is 276 g/mol. The number of amides is 1. The molecule has 2 rings (SSSR count). The van der Waals surface area contributed by atoms with Gasteiger partial charge in [0.1, 0.15) is 10.7 Å². The highest BCUT2D eigenvalue weighted by Gasteiger charge is 2.21. The molecular weight excluding hydrogens is 260 g/mol. The zero-order valence-corrected chi connectivity index (χ0v) is 11.7. The molecule has 1 amide bonds. The molecule has 0 saturated carbocycles. The predicted molar refractivity (Wildman–Crippen MR) is 76.2 cm³/mol. The molecule has 0 radical (unpaired) electrons. The Morgan fingerprint density at radius 1 is 1.37 bits per heavy atom. The van der Waals surface area contributed by atoms with Crippen molar-refractivity contribution in [3.63, 3.8) is 0 Å². The van der Waals surface area contributed by atoms with Gasteiger partial charge in [-0.2, -0.15) is 0 Å². The maximum Gasteiger partial charge on any atom is 0.271 e. The number of benzene rings is 1. The second kappa shape index (κ2) is 5.50. The molecule has 0 saturated heterocycles. The highest BCUT2D eigenvalue weighted by Crippen LogP contribution is 2.23. The molecule has 2 aromatic rings. The molecule has 0 unspecified atom stereocenters. The van der Waals surface area contributed by atoms with Crippen LogP contribution in [0.15, 0.2) is 35.7 Å². The fourth-order valence-corrected chi connectivity index (χ4v) is 2.31. The molecule has 0 aliphatic heterocycles. The maximum atomic E-state index is 12.0. The van der Waals surface area contributed by atoms with Crippen LogP contribution in [-0.4, -0.2) is 28.1 Å². The average Bonchev–Trinajstić information content (AvgIpc) is 2.89. The first-order valence-electron chi connectivity index (χ1n) is 5.96. The summed E-state index contributed by atoms with van der Waals surface area (Å²) in [4.78, 5) is 16.3. The van der Waals surface area contributed by atoms with Crippen LogP contribution in [0.4, 0.5) is 0 Å². The normalized spacial score (nSPS) is 11.3. The van der Waals surface area contributed by atoms with Crippen LogP contribution in [-0.2, 0) is 0 Å². The lowest BCUT2D eigenvalue weighted by atomic mass is 10.1. The molecule has 4 nitrogen and oxygen atoms in total. The Bertz CT molecular complexity index is 564. The van der Waals surface area contributed by atoms with Gasteiger partial charge in [0.25, 0.3) is 5.91 Å². The van der Waals surface area contributed by atoms with E-state index in [2.05, 4.69) is 10.3 Å². The number of carbonyl (C=O) groups excluding carboxylic acids is 1. The number of carbonyl (C=O) groups is 1. The van der Waals surface area contributed by atoms with Gasteiger partial charge in [0.15, 0.2) is 0 Å². The highest BCUT2D eigenvalue weighted by atomic mass is 32.1. The van der Waals surface area contributed by atoms with Crippen molar-refractivity contribution >= 4 is 17.2 Å². The SMILES string of the molecule is CC(C)(CO)NC(=O)c1csc(-c2ccccc2)n1. The van der Waals surface area contributed by atoms with E-state index < -0.39 is 5.54 Å². The van der Waals surface area contributed by atoms with E-state index in [1.54, 1.807) is 19.2 Å². The molecule has 0 aliphatic carbocycles. The summed E-state index contributed by atoms with van der Waals surface area (Å²) in [6, 6.07) is 9.72. The number of thiazole rings is 1. The van der Waals surface area contributed by atoms with E-state index in [0.29, 0.717) is 5.69 Å². The number of hydrogen-bond acceptors (Lipinski definition) is 4. The minimum Gasteiger partial charge on any atom is -0.394 e. The van der Waals surface area contributed by atoms with Gasteiger partial charge in [-0.25, -0.2) is 4.98 Å². The van der Waals surface area contributed by atoms with Gasteiger partial charge >= 0.3 is 0 Å². The fourth-order valence-electron chi connectivity index (χ4n) is 1.50. The van der Waals surface area contributed by atoms with Gasteiger partial charge in [-0.05, 0) is 13.8 Å². The Kier molecular flexibility index (Phi) is 3.97. The van der Waals surface area contributed by atoms with Crippen molar-refractivity contribution < 1.29 is 9.90 Å². The second-order valence-electron chi connectivity index (χ2n) is 4.90. The first kappa shape index (κ1) is 13.7. The second-order valence-corrected chi connectivity index (χ2v) is 5.76. The Morgan fingerprint density at radius 2 is 2.05 bits per heavy atom. The topological polar surface area (TPSA) is 62.2 Å². The van der Waals surface area contributed by atoms with Crippen molar-refractivity contribution in [1.82, 2.24) is 10.3 Å². The third kappa shape index (κ3) is 3.39. The molecule has 2 N–H and O–H groups in total. The fraction of sp³-hybridized carbons (Fsp3) is 0.286. The van der Waals surface area contributed by atoms with E-state index in [1.807, 2.05) is 30.3 Å². The molecule has 0 aliphatic rings. The summed E-state index contributed by atoms with van der Waals surface area (Å²) in [6.45, 7) is 3.40. The molecule has 0 spiro atoms. The molecule has 1 aromatic heterocycles. The molecule has 0 bridgehead atoms. The predicted octanol–water partition coefficient (Wildman–Crippen LogP) is 2.31. The molecule has 0 atom stereocenters. The number of aromatic nitrogens is 1. The van der Waals surface area contributed by atoms with Crippen molar-refractivity contribution in [2.45, 2.75) is 19.4 Å². The third-order valence-corrected chi connectivity index (χ3v) is 3.50. The Hall–Kier alpha value is -1.72. The van der Waals surface area contributed by atoms with E-state index in [4.69, 9.17) is 5.11 Å². The number of rotatable bonds is 4. The maximum absolute atomic E-state index is 12.0. The molecule has 100 valence electrons. The Balaban J connectivity index is 2.16. The quantitative estimate of drug-likeness (QED) is 0.900. The monoisotopic (exact) mass is 276 g/mol. The van der Waals surface area contributed by atoms with Crippen LogP contribution in [0.1, 0.15) is 24.3 Å². The van der Waals surface area contributed by atoms with Gasteiger partial charge in [0.05, 0.1) is 12.1 Å². The van der Waals surface area contributed by atoms with E-state index >= 15 is 0 Å². The van der Waals surface area contributed by atoms with Crippen LogP contribution >= 0.6 is 11.3 Å². The molecule has 1 aromatic carbocycles. The lowest BCUT2D eigenvalue weighted by molar-refractivity contribution is 0.0865. The summed E-state index contributed by atoms with van der Waals surface area (Å²) in [5.74, 6) is -0.266. The molecule has 0 fully saturated rings. The minimum absolute atomic E-state index is 0.117. The molecule has 19 heavy (non-hydrogen) atoms. The first-order valence-corrected chi connectivity index (χ1v) is 6.84. The minimum atomic E-state index is -0.645. The summed E-state index contributed by atoms with van der Waals surface area (Å²) >= 11 is 1.43. The van der Waals surface area contributed by atoms with E-state index in [1.165, 1.54) is 11.3 Å². The number of nitrogens with zero attached hydrogens (tertiary/aromatic N) is 1. The summed E-state index contributed by atoms with van der Waals surface area (Å²) < 4.78 is 0. The zero-order chi connectivity index (χ0) is 13.9. The third-order valence-electron chi connectivity index (χ3n) is 2.60. The number of aliphatic hydroxyl groups is 1. The van der Waals surface area contributed by atoms with E-state index in [-0.39, 0.29) is 12.5 Å².